The maximum Gasteiger partial charge on any atom is 0.307 e. The van der Waals surface area contributed by atoms with Gasteiger partial charge in [-0.2, -0.15) is 5.10 Å². The van der Waals surface area contributed by atoms with Crippen LogP contribution in [0.1, 0.15) is 37.8 Å². The molecular weight excluding hydrogens is 194 g/mol. The van der Waals surface area contributed by atoms with E-state index in [1.54, 1.807) is 0 Å². The van der Waals surface area contributed by atoms with Crippen LogP contribution in [0.25, 0.3) is 0 Å². The summed E-state index contributed by atoms with van der Waals surface area (Å²) in [5.74, 6) is 0.914. The predicted octanol–water partition coefficient (Wildman–Crippen LogP) is 1.05. The van der Waals surface area contributed by atoms with Gasteiger partial charge < -0.3 is 5.11 Å². The second-order valence-corrected chi connectivity index (χ2v) is 4.29. The minimum absolute atomic E-state index is 0.290. The first-order chi connectivity index (χ1) is 7.08. The van der Waals surface area contributed by atoms with Gasteiger partial charge in [-0.25, -0.2) is 9.67 Å². The van der Waals surface area contributed by atoms with E-state index in [0.717, 1.165) is 11.6 Å². The minimum Gasteiger partial charge on any atom is -0.481 e. The van der Waals surface area contributed by atoms with Gasteiger partial charge in [-0.05, 0) is 6.42 Å². The lowest BCUT2D eigenvalue weighted by Crippen LogP contribution is -2.26. The number of aromatic nitrogens is 3. The van der Waals surface area contributed by atoms with Gasteiger partial charge in [0.15, 0.2) is 5.82 Å². The maximum absolute atomic E-state index is 10.8. The Morgan fingerprint density at radius 1 is 1.60 bits per heavy atom. The first-order valence-electron chi connectivity index (χ1n) is 5.24. The lowest BCUT2D eigenvalue weighted by molar-refractivity contribution is -0.142. The summed E-state index contributed by atoms with van der Waals surface area (Å²) in [6, 6.07) is 0. The maximum atomic E-state index is 10.8. The zero-order valence-electron chi connectivity index (χ0n) is 8.97. The molecule has 15 heavy (non-hydrogen) atoms. The molecule has 1 aliphatic heterocycles. The number of carboxylic acid groups (broad SMARTS) is 1. The smallest absolute Gasteiger partial charge is 0.307 e. The van der Waals surface area contributed by atoms with Crippen LogP contribution in [0.3, 0.4) is 0 Å². The topological polar surface area (TPSA) is 68.0 Å². The van der Waals surface area contributed by atoms with Crippen LogP contribution in [0, 0.1) is 5.92 Å². The Balaban J connectivity index is 2.22. The fraction of sp³-hybridized carbons (Fsp3) is 0.700. The van der Waals surface area contributed by atoms with E-state index in [0.29, 0.717) is 25.3 Å². The van der Waals surface area contributed by atoms with E-state index in [1.165, 1.54) is 0 Å². The molecule has 5 heteroatoms. The Morgan fingerprint density at radius 2 is 2.33 bits per heavy atom. The number of hydrogen-bond donors (Lipinski definition) is 1. The lowest BCUT2D eigenvalue weighted by Gasteiger charge is -2.17. The summed E-state index contributed by atoms with van der Waals surface area (Å²) in [5, 5.41) is 13.3. The zero-order chi connectivity index (χ0) is 11.0. The first kappa shape index (κ1) is 10.1. The number of carboxylic acids is 1. The van der Waals surface area contributed by atoms with Crippen molar-refractivity contribution in [3.05, 3.63) is 11.6 Å². The van der Waals surface area contributed by atoms with Gasteiger partial charge in [0.2, 0.25) is 0 Å². The van der Waals surface area contributed by atoms with Crippen LogP contribution in [0.15, 0.2) is 0 Å². The van der Waals surface area contributed by atoms with E-state index in [9.17, 15) is 4.79 Å². The largest absolute Gasteiger partial charge is 0.481 e. The summed E-state index contributed by atoms with van der Waals surface area (Å²) >= 11 is 0. The van der Waals surface area contributed by atoms with E-state index in [4.69, 9.17) is 5.11 Å². The normalized spacial score (nSPS) is 20.3. The number of aryl methyl sites for hydroxylation is 1. The van der Waals surface area contributed by atoms with E-state index < -0.39 is 5.97 Å². The second kappa shape index (κ2) is 3.64. The highest BCUT2D eigenvalue weighted by atomic mass is 16.4. The summed E-state index contributed by atoms with van der Waals surface area (Å²) < 4.78 is 1.84. The molecule has 1 aromatic heterocycles. The van der Waals surface area contributed by atoms with Crippen LogP contribution in [0.5, 0.6) is 0 Å². The Morgan fingerprint density at radius 3 is 2.93 bits per heavy atom. The van der Waals surface area contributed by atoms with Crippen molar-refractivity contribution in [1.29, 1.82) is 0 Å². The standard InChI is InChI=1S/C10H15N3O2/c1-6(2)9-11-8-5-7(10(14)15)3-4-13(8)12-9/h6-7H,3-5H2,1-2H3,(H,14,15). The van der Waals surface area contributed by atoms with Gasteiger partial charge in [-0.3, -0.25) is 4.79 Å². The molecule has 1 atom stereocenters. The summed E-state index contributed by atoms with van der Waals surface area (Å²) in [5.41, 5.74) is 0. The Kier molecular flexibility index (Phi) is 2.46. The monoisotopic (exact) mass is 209 g/mol. The molecule has 0 saturated carbocycles. The molecule has 1 aromatic rings. The third kappa shape index (κ3) is 1.86. The minimum atomic E-state index is -0.727. The van der Waals surface area contributed by atoms with E-state index in [2.05, 4.69) is 10.1 Å². The van der Waals surface area contributed by atoms with Crippen LogP contribution >= 0.6 is 0 Å². The number of carbonyl (C=O) groups is 1. The van der Waals surface area contributed by atoms with Gasteiger partial charge in [0, 0.05) is 18.9 Å². The fourth-order valence-electron chi connectivity index (χ4n) is 1.78. The molecule has 1 unspecified atom stereocenters. The van der Waals surface area contributed by atoms with Crippen LogP contribution in [0.4, 0.5) is 0 Å². The van der Waals surface area contributed by atoms with Crippen LogP contribution in [-0.2, 0) is 17.8 Å². The average molecular weight is 209 g/mol. The summed E-state index contributed by atoms with van der Waals surface area (Å²) in [6.45, 7) is 4.75. The molecule has 0 spiro atoms. The number of rotatable bonds is 2. The van der Waals surface area contributed by atoms with E-state index in [-0.39, 0.29) is 5.92 Å². The third-order valence-electron chi connectivity index (χ3n) is 2.75. The molecule has 1 aliphatic rings. The van der Waals surface area contributed by atoms with Crippen molar-refractivity contribution >= 4 is 5.97 Å². The molecule has 0 fully saturated rings. The Labute approximate surface area is 88.1 Å². The van der Waals surface area contributed by atoms with E-state index in [1.807, 2.05) is 18.5 Å². The van der Waals surface area contributed by atoms with Gasteiger partial charge in [0.25, 0.3) is 0 Å². The predicted molar refractivity (Wildman–Crippen MR) is 53.6 cm³/mol. The highest BCUT2D eigenvalue weighted by Crippen LogP contribution is 2.20. The van der Waals surface area contributed by atoms with Crippen molar-refractivity contribution in [2.24, 2.45) is 5.92 Å². The highest BCUT2D eigenvalue weighted by Gasteiger charge is 2.26. The summed E-state index contributed by atoms with van der Waals surface area (Å²) in [6.07, 6.45) is 1.16. The molecule has 0 amide bonds. The Bertz CT molecular complexity index is 384. The number of fused-ring (bicyclic) bond motifs is 1. The Hall–Kier alpha value is -1.39. The van der Waals surface area contributed by atoms with Crippen molar-refractivity contribution in [2.45, 2.75) is 39.2 Å². The second-order valence-electron chi connectivity index (χ2n) is 4.29. The van der Waals surface area contributed by atoms with Crippen molar-refractivity contribution in [3.8, 4) is 0 Å². The van der Waals surface area contributed by atoms with E-state index >= 15 is 0 Å². The number of nitrogens with zero attached hydrogens (tertiary/aromatic N) is 3. The van der Waals surface area contributed by atoms with Gasteiger partial charge >= 0.3 is 5.97 Å². The van der Waals surface area contributed by atoms with Gasteiger partial charge in [0.1, 0.15) is 5.82 Å². The van der Waals surface area contributed by atoms with Crippen molar-refractivity contribution in [3.63, 3.8) is 0 Å². The van der Waals surface area contributed by atoms with Gasteiger partial charge in [0.05, 0.1) is 5.92 Å². The van der Waals surface area contributed by atoms with Crippen LogP contribution in [-0.4, -0.2) is 25.8 Å². The molecule has 1 N–H and O–H groups in total. The fourth-order valence-corrected chi connectivity index (χ4v) is 1.78. The molecule has 5 nitrogen and oxygen atoms in total. The molecule has 2 heterocycles. The molecular formula is C10H15N3O2. The SMILES string of the molecule is CC(C)c1nc2n(n1)CCC(C(=O)O)C2. The molecule has 82 valence electrons. The van der Waals surface area contributed by atoms with Crippen LogP contribution < -0.4 is 0 Å². The third-order valence-corrected chi connectivity index (χ3v) is 2.75. The molecule has 0 aliphatic carbocycles. The molecule has 0 radical (unpaired) electrons. The van der Waals surface area contributed by atoms with Crippen molar-refractivity contribution < 1.29 is 9.90 Å². The molecule has 0 saturated heterocycles. The lowest BCUT2D eigenvalue weighted by atomic mass is 9.98. The van der Waals surface area contributed by atoms with Gasteiger partial charge in [-0.15, -0.1) is 0 Å². The molecule has 0 bridgehead atoms. The van der Waals surface area contributed by atoms with Gasteiger partial charge in [-0.1, -0.05) is 13.8 Å². The van der Waals surface area contributed by atoms with Crippen LogP contribution in [0.2, 0.25) is 0 Å². The van der Waals surface area contributed by atoms with Crippen molar-refractivity contribution in [1.82, 2.24) is 14.8 Å². The summed E-state index contributed by atoms with van der Waals surface area (Å²) in [4.78, 5) is 15.2. The summed E-state index contributed by atoms with van der Waals surface area (Å²) in [7, 11) is 0. The molecule has 0 aromatic carbocycles. The quantitative estimate of drug-likeness (QED) is 0.790. The first-order valence-corrected chi connectivity index (χ1v) is 5.24. The zero-order valence-corrected chi connectivity index (χ0v) is 8.97. The number of aliphatic carboxylic acids is 1. The number of hydrogen-bond acceptors (Lipinski definition) is 3. The highest BCUT2D eigenvalue weighted by molar-refractivity contribution is 5.70. The van der Waals surface area contributed by atoms with Crippen molar-refractivity contribution in [2.75, 3.05) is 0 Å². The molecule has 2 rings (SSSR count). The average Bonchev–Trinajstić information content (AvgIpc) is 2.59.